The molecule has 4 nitrogen and oxygen atoms in total. The molecule has 3 N–H and O–H groups in total. The summed E-state index contributed by atoms with van der Waals surface area (Å²) in [6.45, 7) is 5.17. The van der Waals surface area contributed by atoms with Gasteiger partial charge in [0.2, 0.25) is 0 Å². The highest BCUT2D eigenvalue weighted by atomic mass is 32.2. The Kier molecular flexibility index (Phi) is 6.20. The highest BCUT2D eigenvalue weighted by Gasteiger charge is 2.25. The van der Waals surface area contributed by atoms with Gasteiger partial charge in [-0.1, -0.05) is 13.8 Å². The second-order valence-corrected chi connectivity index (χ2v) is 6.02. The number of esters is 1. The molecule has 0 unspecified atom stereocenters. The van der Waals surface area contributed by atoms with Crippen LogP contribution >= 0.6 is 11.8 Å². The van der Waals surface area contributed by atoms with E-state index >= 15 is 0 Å². The number of benzene rings is 1. The maximum Gasteiger partial charge on any atom is 0.340 e. The molecule has 0 spiro atoms. The van der Waals surface area contributed by atoms with Gasteiger partial charge in [0.25, 0.3) is 0 Å². The predicted molar refractivity (Wildman–Crippen MR) is 87.5 cm³/mol. The van der Waals surface area contributed by atoms with Gasteiger partial charge in [0, 0.05) is 22.7 Å². The monoisotopic (exact) mass is 296 g/mol. The van der Waals surface area contributed by atoms with E-state index in [4.69, 9.17) is 10.5 Å². The molecule has 0 radical (unpaired) electrons. The third kappa shape index (κ3) is 3.82. The normalized spacial score (nSPS) is 11.2. The smallest absolute Gasteiger partial charge is 0.340 e. The van der Waals surface area contributed by atoms with Crippen molar-refractivity contribution in [3.63, 3.8) is 0 Å². The van der Waals surface area contributed by atoms with E-state index in [0.29, 0.717) is 11.3 Å². The number of ether oxygens (including phenoxy) is 1. The molecule has 0 aliphatic heterocycles. The van der Waals surface area contributed by atoms with Crippen molar-refractivity contribution in [3.8, 4) is 0 Å². The summed E-state index contributed by atoms with van der Waals surface area (Å²) in [7, 11) is 1.37. The summed E-state index contributed by atoms with van der Waals surface area (Å²) >= 11 is 1.86. The van der Waals surface area contributed by atoms with Crippen molar-refractivity contribution < 1.29 is 9.53 Å². The molecular weight excluding hydrogens is 272 g/mol. The number of nitrogens with one attached hydrogen (secondary N) is 1. The molecule has 1 rings (SSSR count). The molecule has 1 aromatic carbocycles. The van der Waals surface area contributed by atoms with Crippen LogP contribution in [-0.4, -0.2) is 30.6 Å². The molecule has 0 amide bonds. The molecule has 0 aliphatic carbocycles. The largest absolute Gasteiger partial charge is 0.465 e. The molecular formula is C15H24N2O2S. The van der Waals surface area contributed by atoms with Gasteiger partial charge < -0.3 is 15.8 Å². The van der Waals surface area contributed by atoms with Crippen molar-refractivity contribution in [1.82, 2.24) is 0 Å². The minimum absolute atomic E-state index is 0.175. The Bertz CT molecular complexity index is 451. The zero-order valence-corrected chi connectivity index (χ0v) is 13.5. The van der Waals surface area contributed by atoms with E-state index in [0.717, 1.165) is 25.1 Å². The fraction of sp³-hybridized carbons (Fsp3) is 0.533. The number of hydrogen-bond donors (Lipinski definition) is 2. The summed E-state index contributed by atoms with van der Waals surface area (Å²) in [5, 5.41) is 3.37. The van der Waals surface area contributed by atoms with E-state index in [-0.39, 0.29) is 10.7 Å². The van der Waals surface area contributed by atoms with Crippen molar-refractivity contribution in [2.45, 2.75) is 31.4 Å². The molecule has 1 aromatic rings. The number of anilines is 2. The Hall–Kier alpha value is -1.36. The first kappa shape index (κ1) is 16.7. The number of methoxy groups -OCH3 is 1. The van der Waals surface area contributed by atoms with Crippen LogP contribution in [0.25, 0.3) is 0 Å². The van der Waals surface area contributed by atoms with Gasteiger partial charge >= 0.3 is 5.97 Å². The average molecular weight is 296 g/mol. The quantitative estimate of drug-likeness (QED) is 0.596. The molecule has 0 aromatic heterocycles. The van der Waals surface area contributed by atoms with Gasteiger partial charge in [0.1, 0.15) is 0 Å². The lowest BCUT2D eigenvalue weighted by Gasteiger charge is -2.30. The van der Waals surface area contributed by atoms with Crippen molar-refractivity contribution in [3.05, 3.63) is 23.8 Å². The Labute approximate surface area is 125 Å². The molecule has 0 fully saturated rings. The highest BCUT2D eigenvalue weighted by molar-refractivity contribution is 8.00. The van der Waals surface area contributed by atoms with Crippen molar-refractivity contribution >= 4 is 29.1 Å². The number of rotatable bonds is 7. The standard InChI is InChI=1S/C15H24N2O2S/c1-5-15(6-2,20-4)10-17-13-8-7-11(16)9-12(13)14(18)19-3/h7-9,17H,5-6,10,16H2,1-4H3. The Morgan fingerprint density at radius 3 is 2.55 bits per heavy atom. The third-order valence-corrected chi connectivity index (χ3v) is 5.36. The van der Waals surface area contributed by atoms with E-state index in [1.54, 1.807) is 12.1 Å². The second kappa shape index (κ2) is 7.43. The molecule has 0 heterocycles. The number of hydrogen-bond acceptors (Lipinski definition) is 5. The lowest BCUT2D eigenvalue weighted by Crippen LogP contribution is -2.32. The van der Waals surface area contributed by atoms with Crippen LogP contribution in [0.2, 0.25) is 0 Å². The third-order valence-electron chi connectivity index (χ3n) is 3.77. The van der Waals surface area contributed by atoms with Gasteiger partial charge in [-0.25, -0.2) is 4.79 Å². The summed E-state index contributed by atoms with van der Waals surface area (Å²) in [6, 6.07) is 5.26. The van der Waals surface area contributed by atoms with Crippen LogP contribution < -0.4 is 11.1 Å². The maximum atomic E-state index is 11.8. The Morgan fingerprint density at radius 2 is 2.05 bits per heavy atom. The van der Waals surface area contributed by atoms with Gasteiger partial charge in [0.05, 0.1) is 12.7 Å². The van der Waals surface area contributed by atoms with Crippen molar-refractivity contribution in [1.29, 1.82) is 0 Å². The minimum Gasteiger partial charge on any atom is -0.465 e. The first-order valence-electron chi connectivity index (χ1n) is 6.78. The maximum absolute atomic E-state index is 11.8. The fourth-order valence-corrected chi connectivity index (χ4v) is 2.91. The van der Waals surface area contributed by atoms with Crippen molar-refractivity contribution in [2.24, 2.45) is 0 Å². The Balaban J connectivity index is 2.95. The number of nitrogen functional groups attached to an aromatic ring is 1. The topological polar surface area (TPSA) is 64.3 Å². The van der Waals surface area contributed by atoms with Crippen LogP contribution in [-0.2, 0) is 4.74 Å². The SMILES string of the molecule is CCC(CC)(CNc1ccc(N)cc1C(=O)OC)SC. The molecule has 0 bridgehead atoms. The number of carbonyl (C=O) groups excluding carboxylic acids is 1. The zero-order valence-electron chi connectivity index (χ0n) is 12.7. The Morgan fingerprint density at radius 1 is 1.40 bits per heavy atom. The van der Waals surface area contributed by atoms with Crippen LogP contribution in [0.3, 0.4) is 0 Å². The minimum atomic E-state index is -0.373. The first-order valence-corrected chi connectivity index (χ1v) is 8.01. The van der Waals surface area contributed by atoms with Gasteiger partial charge in [-0.3, -0.25) is 0 Å². The second-order valence-electron chi connectivity index (χ2n) is 4.74. The van der Waals surface area contributed by atoms with E-state index < -0.39 is 0 Å². The average Bonchev–Trinajstić information content (AvgIpc) is 2.49. The van der Waals surface area contributed by atoms with E-state index in [9.17, 15) is 4.79 Å². The summed E-state index contributed by atoms with van der Waals surface area (Å²) in [6.07, 6.45) is 4.26. The van der Waals surface area contributed by atoms with Crippen molar-refractivity contribution in [2.75, 3.05) is 31.0 Å². The lowest BCUT2D eigenvalue weighted by atomic mass is 10.0. The summed E-state index contributed by atoms with van der Waals surface area (Å²) in [5.74, 6) is -0.373. The fourth-order valence-electron chi connectivity index (χ4n) is 2.11. The van der Waals surface area contributed by atoms with Crippen LogP contribution in [0.1, 0.15) is 37.0 Å². The highest BCUT2D eigenvalue weighted by Crippen LogP contribution is 2.31. The molecule has 0 saturated heterocycles. The predicted octanol–water partition coefficient (Wildman–Crippen LogP) is 3.39. The van der Waals surface area contributed by atoms with Crippen LogP contribution in [0.4, 0.5) is 11.4 Å². The van der Waals surface area contributed by atoms with Gasteiger partial charge in [-0.15, -0.1) is 0 Å². The van der Waals surface area contributed by atoms with E-state index in [1.165, 1.54) is 7.11 Å². The summed E-state index contributed by atoms with van der Waals surface area (Å²) < 4.78 is 4.98. The molecule has 0 saturated carbocycles. The number of carbonyl (C=O) groups is 1. The molecule has 0 aliphatic rings. The first-order chi connectivity index (χ1) is 9.51. The van der Waals surface area contributed by atoms with Gasteiger partial charge in [-0.2, -0.15) is 11.8 Å². The zero-order chi connectivity index (χ0) is 15.2. The van der Waals surface area contributed by atoms with Gasteiger partial charge in [0.15, 0.2) is 0 Å². The number of thioether (sulfide) groups is 1. The molecule has 0 atom stereocenters. The van der Waals surface area contributed by atoms with Gasteiger partial charge in [-0.05, 0) is 37.3 Å². The van der Waals surface area contributed by atoms with E-state index in [2.05, 4.69) is 25.4 Å². The molecule has 112 valence electrons. The number of nitrogens with two attached hydrogens (primary N) is 1. The van der Waals surface area contributed by atoms with E-state index in [1.807, 2.05) is 17.8 Å². The van der Waals surface area contributed by atoms with Crippen LogP contribution in [0.5, 0.6) is 0 Å². The lowest BCUT2D eigenvalue weighted by molar-refractivity contribution is 0.0602. The summed E-state index contributed by atoms with van der Waals surface area (Å²) in [4.78, 5) is 11.8. The van der Waals surface area contributed by atoms with Crippen LogP contribution in [0, 0.1) is 0 Å². The van der Waals surface area contributed by atoms with Crippen LogP contribution in [0.15, 0.2) is 18.2 Å². The molecule has 5 heteroatoms. The summed E-state index contributed by atoms with van der Waals surface area (Å²) in [5.41, 5.74) is 7.55. The molecule has 20 heavy (non-hydrogen) atoms.